The second-order valence-electron chi connectivity index (χ2n) is 9.82. The molecule has 0 fully saturated rings. The lowest BCUT2D eigenvalue weighted by atomic mass is 10.1. The molecule has 0 atom stereocenters. The van der Waals surface area contributed by atoms with Crippen molar-refractivity contribution >= 4 is 54.9 Å². The molecule has 0 amide bonds. The van der Waals surface area contributed by atoms with Crippen LogP contribution < -0.4 is 5.32 Å². The molecule has 0 bridgehead atoms. The number of anilines is 2. The minimum Gasteiger partial charge on any atom is -0.353 e. The van der Waals surface area contributed by atoms with Crippen LogP contribution in [0.3, 0.4) is 0 Å². The number of halogens is 2. The van der Waals surface area contributed by atoms with Crippen molar-refractivity contribution in [2.24, 2.45) is 0 Å². The lowest BCUT2D eigenvalue weighted by molar-refractivity contribution is 0.630. The fourth-order valence-electron chi connectivity index (χ4n) is 3.12. The minimum absolute atomic E-state index is 0.320. The molecule has 32 heavy (non-hydrogen) atoms. The van der Waals surface area contributed by atoms with Crippen LogP contribution in [0.15, 0.2) is 53.8 Å². The van der Waals surface area contributed by atoms with Crippen molar-refractivity contribution in [1.29, 1.82) is 0 Å². The fraction of sp³-hybridized carbons (Fsp3) is 0.261. The first kappa shape index (κ1) is 22.9. The van der Waals surface area contributed by atoms with Gasteiger partial charge in [-0.1, -0.05) is 11.6 Å². The van der Waals surface area contributed by atoms with Crippen molar-refractivity contribution in [1.82, 2.24) is 20.2 Å². The average molecular weight is 492 g/mol. The van der Waals surface area contributed by atoms with Crippen LogP contribution in [0.4, 0.5) is 15.8 Å². The highest BCUT2D eigenvalue weighted by atomic mass is 35.5. The number of thioether (sulfide) groups is 1. The molecule has 170 valence electrons. The van der Waals surface area contributed by atoms with Gasteiger partial charge in [0.15, 0.2) is 0 Å². The van der Waals surface area contributed by atoms with Gasteiger partial charge in [0.25, 0.3) is 0 Å². The van der Waals surface area contributed by atoms with Crippen LogP contribution in [0, 0.1) is 5.82 Å². The highest BCUT2D eigenvalue weighted by Crippen LogP contribution is 2.55. The molecule has 4 aromatic rings. The van der Waals surface area contributed by atoms with Crippen molar-refractivity contribution in [2.45, 2.75) is 5.03 Å². The fourth-order valence-corrected chi connectivity index (χ4v) is 7.14. The molecule has 0 aliphatic carbocycles. The van der Waals surface area contributed by atoms with Gasteiger partial charge in [-0.25, -0.2) is 9.37 Å². The van der Waals surface area contributed by atoms with E-state index < -0.39 is 15.0 Å². The molecule has 0 saturated heterocycles. The molecular formula is C23H27ClFN5S2. The number of aromatic nitrogens is 4. The van der Waals surface area contributed by atoms with Gasteiger partial charge in [0.2, 0.25) is 0 Å². The summed E-state index contributed by atoms with van der Waals surface area (Å²) in [6.07, 6.45) is 13.0. The number of aromatic amines is 1. The first-order valence-electron chi connectivity index (χ1n) is 10.2. The van der Waals surface area contributed by atoms with E-state index >= 15 is 0 Å². The summed E-state index contributed by atoms with van der Waals surface area (Å²) in [5.74, 6) is 1.67. The number of rotatable bonds is 7. The molecule has 9 heteroatoms. The summed E-state index contributed by atoms with van der Waals surface area (Å²) < 4.78 is 14.5. The zero-order chi connectivity index (χ0) is 23.0. The maximum atomic E-state index is 14.5. The van der Waals surface area contributed by atoms with E-state index in [2.05, 4.69) is 50.5 Å². The highest BCUT2D eigenvalue weighted by molar-refractivity contribution is 8.47. The van der Waals surface area contributed by atoms with Crippen LogP contribution in [0.1, 0.15) is 0 Å². The van der Waals surface area contributed by atoms with Crippen LogP contribution >= 0.6 is 32.5 Å². The second-order valence-corrected chi connectivity index (χ2v) is 19.7. The van der Waals surface area contributed by atoms with Gasteiger partial charge in [-0.15, -0.1) is 22.0 Å². The Balaban J connectivity index is 1.72. The first-order valence-corrected chi connectivity index (χ1v) is 15.8. The standard InChI is InChI=1S/C23H27ClFN5S2/c1-32(2,3,4)12-11-31-23-21(28-19-8-10-27-22-16(19)7-9-26-22)14-20(29-30-23)17-13-15(24)5-6-18(17)25/h5-10,13-14,32H,11-12H2,1-4H3,(H2,26,27,28,29). The molecule has 4 rings (SSSR count). The molecule has 0 unspecified atom stereocenters. The van der Waals surface area contributed by atoms with Crippen LogP contribution in [0.5, 0.6) is 0 Å². The van der Waals surface area contributed by atoms with Crippen LogP contribution in [-0.4, -0.2) is 56.7 Å². The largest absolute Gasteiger partial charge is 0.353 e. The topological polar surface area (TPSA) is 66.5 Å². The number of nitrogens with zero attached hydrogens (tertiary/aromatic N) is 3. The van der Waals surface area contributed by atoms with E-state index in [1.54, 1.807) is 24.0 Å². The Bertz CT molecular complexity index is 1270. The van der Waals surface area contributed by atoms with E-state index in [0.717, 1.165) is 38.9 Å². The molecule has 2 N–H and O–H groups in total. The van der Waals surface area contributed by atoms with Gasteiger partial charge in [-0.2, -0.15) is 0 Å². The lowest BCUT2D eigenvalue weighted by Gasteiger charge is -2.46. The predicted molar refractivity (Wildman–Crippen MR) is 140 cm³/mol. The molecule has 0 spiro atoms. The highest BCUT2D eigenvalue weighted by Gasteiger charge is 2.20. The smallest absolute Gasteiger partial charge is 0.142 e. The number of thiol groups is 1. The third kappa shape index (κ3) is 5.54. The summed E-state index contributed by atoms with van der Waals surface area (Å²) >= 11 is 7.77. The van der Waals surface area contributed by atoms with E-state index in [1.165, 1.54) is 12.1 Å². The van der Waals surface area contributed by atoms with Gasteiger partial charge in [0.05, 0.1) is 17.1 Å². The molecule has 3 aromatic heterocycles. The van der Waals surface area contributed by atoms with Crippen molar-refractivity contribution in [3.63, 3.8) is 0 Å². The summed E-state index contributed by atoms with van der Waals surface area (Å²) in [5.41, 5.74) is 3.19. The molecule has 0 aliphatic rings. The summed E-state index contributed by atoms with van der Waals surface area (Å²) in [6.45, 7) is 0. The second kappa shape index (κ2) is 8.57. The summed E-state index contributed by atoms with van der Waals surface area (Å²) in [4.78, 5) is 7.47. The van der Waals surface area contributed by atoms with Gasteiger partial charge in [0, 0.05) is 34.1 Å². The Hall–Kier alpha value is -2.29. The number of pyridine rings is 1. The molecule has 3 heterocycles. The van der Waals surface area contributed by atoms with Crippen molar-refractivity contribution in [3.8, 4) is 11.3 Å². The quantitative estimate of drug-likeness (QED) is 0.211. The number of hydrogen-bond acceptors (Lipinski definition) is 5. The normalized spacial score (nSPS) is 13.1. The van der Waals surface area contributed by atoms with E-state index in [1.807, 2.05) is 24.4 Å². The van der Waals surface area contributed by atoms with E-state index in [-0.39, 0.29) is 0 Å². The lowest BCUT2D eigenvalue weighted by Crippen LogP contribution is -2.16. The van der Waals surface area contributed by atoms with Crippen molar-refractivity contribution in [3.05, 3.63) is 59.6 Å². The van der Waals surface area contributed by atoms with E-state index in [9.17, 15) is 4.39 Å². The summed E-state index contributed by atoms with van der Waals surface area (Å²) in [7, 11) is -1.64. The Morgan fingerprint density at radius 1 is 1.06 bits per heavy atom. The van der Waals surface area contributed by atoms with Crippen molar-refractivity contribution < 1.29 is 4.39 Å². The van der Waals surface area contributed by atoms with Gasteiger partial charge >= 0.3 is 0 Å². The first-order chi connectivity index (χ1) is 15.1. The van der Waals surface area contributed by atoms with Crippen LogP contribution in [-0.2, 0) is 0 Å². The van der Waals surface area contributed by atoms with Gasteiger partial charge in [0.1, 0.15) is 16.5 Å². The zero-order valence-electron chi connectivity index (χ0n) is 18.5. The van der Waals surface area contributed by atoms with Gasteiger partial charge in [-0.3, -0.25) is 9.16 Å². The monoisotopic (exact) mass is 491 g/mol. The van der Waals surface area contributed by atoms with E-state index in [0.29, 0.717) is 16.3 Å². The SMILES string of the molecule is C[SH](C)(C)(C)CCSc1nnc(-c2cc(Cl)ccc2F)cc1Nc1ccnc2[nH]ccc12. The number of hydrogen-bond donors (Lipinski definition) is 3. The van der Waals surface area contributed by atoms with E-state index in [4.69, 9.17) is 11.6 Å². The number of H-pyrrole nitrogens is 1. The number of fused-ring (bicyclic) bond motifs is 1. The molecule has 0 saturated carbocycles. The predicted octanol–water partition coefficient (Wildman–Crippen LogP) is 6.24. The van der Waals surface area contributed by atoms with Crippen LogP contribution in [0.2, 0.25) is 5.02 Å². The summed E-state index contributed by atoms with van der Waals surface area (Å²) in [6, 6.07) is 10.1. The molecule has 0 aliphatic heterocycles. The maximum absolute atomic E-state index is 14.5. The Morgan fingerprint density at radius 3 is 2.66 bits per heavy atom. The molecular weight excluding hydrogens is 465 g/mol. The minimum atomic E-state index is -1.64. The third-order valence-corrected chi connectivity index (χ3v) is 8.45. The number of benzene rings is 1. The molecule has 5 nitrogen and oxygen atoms in total. The Kier molecular flexibility index (Phi) is 6.13. The molecule has 0 radical (unpaired) electrons. The van der Waals surface area contributed by atoms with Gasteiger partial charge < -0.3 is 10.3 Å². The number of nitrogens with one attached hydrogen (secondary N) is 2. The summed E-state index contributed by atoms with van der Waals surface area (Å²) in [5, 5.41) is 14.4. The van der Waals surface area contributed by atoms with Gasteiger partial charge in [-0.05, 0) is 67.2 Å². The zero-order valence-corrected chi connectivity index (χ0v) is 21.0. The average Bonchev–Trinajstić information content (AvgIpc) is 3.19. The Labute approximate surface area is 196 Å². The molecule has 1 aromatic carbocycles. The van der Waals surface area contributed by atoms with Crippen LogP contribution in [0.25, 0.3) is 22.3 Å². The maximum Gasteiger partial charge on any atom is 0.142 e. The Morgan fingerprint density at radius 2 is 1.88 bits per heavy atom. The van der Waals surface area contributed by atoms with Crippen molar-refractivity contribution in [2.75, 3.05) is 41.8 Å². The third-order valence-electron chi connectivity index (χ3n) is 4.92.